The zero-order valence-electron chi connectivity index (χ0n) is 10.1. The number of halogens is 3. The molecule has 0 spiro atoms. The van der Waals surface area contributed by atoms with Gasteiger partial charge < -0.3 is 0 Å². The molecule has 2 rings (SSSR count). The van der Waals surface area contributed by atoms with Crippen molar-refractivity contribution in [1.82, 2.24) is 4.98 Å². The van der Waals surface area contributed by atoms with Crippen molar-refractivity contribution in [2.24, 2.45) is 0 Å². The fourth-order valence-corrected chi connectivity index (χ4v) is 3.08. The number of hydrogen-bond acceptors (Lipinski definition) is 4. The average molecular weight is 330 g/mol. The summed E-state index contributed by atoms with van der Waals surface area (Å²) in [5, 5.41) is 8.49. The highest BCUT2D eigenvalue weighted by Crippen LogP contribution is 2.25. The van der Waals surface area contributed by atoms with E-state index in [1.807, 2.05) is 4.72 Å². The van der Waals surface area contributed by atoms with E-state index in [-0.39, 0.29) is 15.5 Å². The smallest absolute Gasteiger partial charge is 0.263 e. The van der Waals surface area contributed by atoms with Crippen LogP contribution in [-0.4, -0.2) is 13.4 Å². The molecular weight excluding hydrogens is 324 g/mol. The van der Waals surface area contributed by atoms with Gasteiger partial charge in [-0.15, -0.1) is 0 Å². The summed E-state index contributed by atoms with van der Waals surface area (Å²) in [7, 11) is -4.20. The van der Waals surface area contributed by atoms with Gasteiger partial charge in [0.2, 0.25) is 11.9 Å². The highest BCUT2D eigenvalue weighted by atomic mass is 35.5. The quantitative estimate of drug-likeness (QED) is 0.878. The lowest BCUT2D eigenvalue weighted by atomic mass is 10.2. The molecule has 2 aromatic rings. The first-order valence-electron chi connectivity index (χ1n) is 5.38. The predicted molar refractivity (Wildman–Crippen MR) is 71.1 cm³/mol. The summed E-state index contributed by atoms with van der Waals surface area (Å²) in [6, 6.07) is 7.02. The molecule has 0 aliphatic heterocycles. The number of aromatic nitrogens is 1. The minimum absolute atomic E-state index is 0.175. The van der Waals surface area contributed by atoms with E-state index in [2.05, 4.69) is 4.98 Å². The zero-order valence-corrected chi connectivity index (χ0v) is 11.7. The SMILES string of the molecule is N#Cc1ccc(S(=O)(=O)Nc2ccc(F)nc2F)c(Cl)c1. The Morgan fingerprint density at radius 1 is 1.24 bits per heavy atom. The molecule has 5 nitrogen and oxygen atoms in total. The molecule has 0 atom stereocenters. The van der Waals surface area contributed by atoms with E-state index in [0.717, 1.165) is 24.3 Å². The summed E-state index contributed by atoms with van der Waals surface area (Å²) in [5.41, 5.74) is -0.342. The van der Waals surface area contributed by atoms with Gasteiger partial charge in [0.1, 0.15) is 10.6 Å². The van der Waals surface area contributed by atoms with Crippen molar-refractivity contribution in [3.8, 4) is 6.07 Å². The molecule has 0 aliphatic carbocycles. The van der Waals surface area contributed by atoms with Crippen LogP contribution < -0.4 is 4.72 Å². The number of hydrogen-bond donors (Lipinski definition) is 1. The van der Waals surface area contributed by atoms with Crippen LogP contribution >= 0.6 is 11.6 Å². The second-order valence-corrected chi connectivity index (χ2v) is 5.89. The average Bonchev–Trinajstić information content (AvgIpc) is 2.41. The van der Waals surface area contributed by atoms with Gasteiger partial charge in [0.15, 0.2) is 0 Å². The van der Waals surface area contributed by atoms with Gasteiger partial charge in [-0.3, -0.25) is 4.72 Å². The molecule has 1 aromatic heterocycles. The normalized spacial score (nSPS) is 11.0. The third kappa shape index (κ3) is 3.26. The maximum atomic E-state index is 13.4. The van der Waals surface area contributed by atoms with Gasteiger partial charge in [0, 0.05) is 0 Å². The Morgan fingerprint density at radius 3 is 2.52 bits per heavy atom. The predicted octanol–water partition coefficient (Wildman–Crippen LogP) is 2.69. The van der Waals surface area contributed by atoms with Crippen molar-refractivity contribution < 1.29 is 17.2 Å². The van der Waals surface area contributed by atoms with E-state index < -0.39 is 27.6 Å². The first kappa shape index (κ1) is 15.2. The third-order valence-electron chi connectivity index (χ3n) is 2.41. The molecule has 0 aliphatic rings. The van der Waals surface area contributed by atoms with Crippen molar-refractivity contribution in [2.75, 3.05) is 4.72 Å². The van der Waals surface area contributed by atoms with E-state index in [1.165, 1.54) is 6.07 Å². The van der Waals surface area contributed by atoms with Gasteiger partial charge in [0.25, 0.3) is 10.0 Å². The number of anilines is 1. The van der Waals surface area contributed by atoms with Crippen LogP contribution in [0.3, 0.4) is 0 Å². The summed E-state index contributed by atoms with van der Waals surface area (Å²) >= 11 is 5.78. The van der Waals surface area contributed by atoms with E-state index in [0.29, 0.717) is 0 Å². The molecule has 108 valence electrons. The highest BCUT2D eigenvalue weighted by molar-refractivity contribution is 7.92. The fourth-order valence-electron chi connectivity index (χ4n) is 1.48. The van der Waals surface area contributed by atoms with Crippen LogP contribution in [0, 0.1) is 23.2 Å². The van der Waals surface area contributed by atoms with E-state index in [9.17, 15) is 17.2 Å². The minimum Gasteiger partial charge on any atom is -0.275 e. The van der Waals surface area contributed by atoms with Crippen molar-refractivity contribution in [3.05, 3.63) is 52.8 Å². The standard InChI is InChI=1S/C12H6ClF2N3O2S/c13-8-5-7(6-16)1-3-10(8)21(19,20)18-9-2-4-11(14)17-12(9)15/h1-5,18H. The maximum Gasteiger partial charge on any atom is 0.263 e. The van der Waals surface area contributed by atoms with Gasteiger partial charge in [-0.05, 0) is 30.3 Å². The lowest BCUT2D eigenvalue weighted by molar-refractivity contribution is 0.515. The molecule has 1 N–H and O–H groups in total. The van der Waals surface area contributed by atoms with Crippen LogP contribution in [0.1, 0.15) is 5.56 Å². The second kappa shape index (κ2) is 5.63. The Kier molecular flexibility index (Phi) is 4.06. The third-order valence-corrected chi connectivity index (χ3v) is 4.26. The zero-order chi connectivity index (χ0) is 15.6. The molecule has 1 heterocycles. The van der Waals surface area contributed by atoms with Gasteiger partial charge in [-0.1, -0.05) is 11.6 Å². The van der Waals surface area contributed by atoms with Crippen molar-refractivity contribution in [2.45, 2.75) is 4.90 Å². The second-order valence-electron chi connectivity index (χ2n) is 3.83. The summed E-state index contributed by atoms with van der Waals surface area (Å²) in [6.45, 7) is 0. The number of nitrogens with zero attached hydrogens (tertiary/aromatic N) is 2. The van der Waals surface area contributed by atoms with Crippen LogP contribution in [0.4, 0.5) is 14.5 Å². The Labute approximate surface area is 123 Å². The Morgan fingerprint density at radius 2 is 1.95 bits per heavy atom. The van der Waals surface area contributed by atoms with Gasteiger partial charge in [0.05, 0.1) is 16.7 Å². The van der Waals surface area contributed by atoms with Crippen molar-refractivity contribution >= 4 is 27.3 Å². The van der Waals surface area contributed by atoms with Crippen LogP contribution in [-0.2, 0) is 10.0 Å². The Balaban J connectivity index is 2.41. The molecule has 0 amide bonds. The van der Waals surface area contributed by atoms with Crippen LogP contribution in [0.5, 0.6) is 0 Å². The van der Waals surface area contributed by atoms with Gasteiger partial charge in [-0.25, -0.2) is 8.42 Å². The number of benzene rings is 1. The molecule has 1 aromatic carbocycles. The lowest BCUT2D eigenvalue weighted by Crippen LogP contribution is -2.15. The molecule has 0 saturated carbocycles. The molecule has 0 radical (unpaired) electrons. The van der Waals surface area contributed by atoms with Crippen LogP contribution in [0.25, 0.3) is 0 Å². The van der Waals surface area contributed by atoms with Gasteiger partial charge >= 0.3 is 0 Å². The van der Waals surface area contributed by atoms with Crippen LogP contribution in [0.2, 0.25) is 5.02 Å². The largest absolute Gasteiger partial charge is 0.275 e. The molecular formula is C12H6ClF2N3O2S. The fraction of sp³-hybridized carbons (Fsp3) is 0. The Hall–Kier alpha value is -2.24. The molecule has 0 bridgehead atoms. The number of pyridine rings is 1. The van der Waals surface area contributed by atoms with E-state index >= 15 is 0 Å². The Bertz CT molecular complexity index is 850. The first-order valence-corrected chi connectivity index (χ1v) is 7.24. The summed E-state index contributed by atoms with van der Waals surface area (Å²) < 4.78 is 52.1. The first-order chi connectivity index (χ1) is 9.83. The molecule has 21 heavy (non-hydrogen) atoms. The summed E-state index contributed by atoms with van der Waals surface area (Å²) in [6.07, 6.45) is 0. The summed E-state index contributed by atoms with van der Waals surface area (Å²) in [5.74, 6) is -2.38. The maximum absolute atomic E-state index is 13.4. The molecule has 0 fully saturated rings. The minimum atomic E-state index is -4.20. The number of nitrogens with one attached hydrogen (secondary N) is 1. The molecule has 0 saturated heterocycles. The van der Waals surface area contributed by atoms with Crippen molar-refractivity contribution in [1.29, 1.82) is 5.26 Å². The molecule has 0 unspecified atom stereocenters. The van der Waals surface area contributed by atoms with Gasteiger partial charge in [-0.2, -0.15) is 19.0 Å². The highest BCUT2D eigenvalue weighted by Gasteiger charge is 2.20. The van der Waals surface area contributed by atoms with Crippen molar-refractivity contribution in [3.63, 3.8) is 0 Å². The summed E-state index contributed by atoms with van der Waals surface area (Å²) in [4.78, 5) is 2.52. The van der Waals surface area contributed by atoms with E-state index in [1.54, 1.807) is 6.07 Å². The van der Waals surface area contributed by atoms with E-state index in [4.69, 9.17) is 16.9 Å². The topological polar surface area (TPSA) is 82.8 Å². The number of sulfonamides is 1. The number of rotatable bonds is 3. The van der Waals surface area contributed by atoms with Crippen LogP contribution in [0.15, 0.2) is 35.2 Å². The monoisotopic (exact) mass is 329 g/mol. The molecule has 9 heteroatoms. The lowest BCUT2D eigenvalue weighted by Gasteiger charge is -2.09. The number of nitriles is 1.